The van der Waals surface area contributed by atoms with Gasteiger partial charge >= 0.3 is 0 Å². The highest BCUT2D eigenvalue weighted by Crippen LogP contribution is 2.35. The molecule has 0 bridgehead atoms. The van der Waals surface area contributed by atoms with Crippen LogP contribution in [-0.4, -0.2) is 18.8 Å². The molecule has 0 atom stereocenters. The van der Waals surface area contributed by atoms with Crippen LogP contribution in [0.4, 0.5) is 5.82 Å². The van der Waals surface area contributed by atoms with Crippen LogP contribution in [-0.2, 0) is 0 Å². The van der Waals surface area contributed by atoms with Gasteiger partial charge in [-0.05, 0) is 30.3 Å². The summed E-state index contributed by atoms with van der Waals surface area (Å²) >= 11 is 0. The third-order valence-electron chi connectivity index (χ3n) is 2.92. The first-order valence-electron chi connectivity index (χ1n) is 5.81. The van der Waals surface area contributed by atoms with E-state index in [1.54, 1.807) is 13.1 Å². The number of nitrogens with zero attached hydrogens (tertiary/aromatic N) is 2. The number of fused-ring (bicyclic) bond motifs is 1. The topological polar surface area (TPSA) is 67.2 Å². The molecule has 1 aromatic heterocycles. The number of hydrogen-bond acceptors (Lipinski definition) is 5. The molecule has 0 saturated heterocycles. The predicted molar refractivity (Wildman–Crippen MR) is 70.1 cm³/mol. The van der Waals surface area contributed by atoms with E-state index in [1.165, 1.54) is 0 Å². The van der Waals surface area contributed by atoms with Gasteiger partial charge in [-0.25, -0.2) is 4.98 Å². The smallest absolute Gasteiger partial charge is 0.231 e. The van der Waals surface area contributed by atoms with Gasteiger partial charge < -0.3 is 14.8 Å². The summed E-state index contributed by atoms with van der Waals surface area (Å²) in [4.78, 5) is 4.43. The third kappa shape index (κ3) is 1.93. The van der Waals surface area contributed by atoms with E-state index in [0.29, 0.717) is 11.4 Å². The Labute approximate surface area is 110 Å². The zero-order chi connectivity index (χ0) is 13.2. The van der Waals surface area contributed by atoms with Gasteiger partial charge in [0, 0.05) is 12.6 Å². The molecule has 0 fully saturated rings. The molecule has 0 saturated carbocycles. The minimum atomic E-state index is 0.251. The van der Waals surface area contributed by atoms with Crippen LogP contribution in [0.1, 0.15) is 5.56 Å². The molecule has 0 amide bonds. The van der Waals surface area contributed by atoms with Crippen LogP contribution in [0.5, 0.6) is 11.5 Å². The van der Waals surface area contributed by atoms with Crippen molar-refractivity contribution in [2.45, 2.75) is 0 Å². The number of nitrogens with one attached hydrogen (secondary N) is 1. The number of anilines is 1. The maximum atomic E-state index is 8.97. The number of hydrogen-bond donors (Lipinski definition) is 1. The first kappa shape index (κ1) is 11.4. The normalized spacial score (nSPS) is 12.0. The zero-order valence-electron chi connectivity index (χ0n) is 10.3. The molecule has 0 aliphatic carbocycles. The summed E-state index contributed by atoms with van der Waals surface area (Å²) in [6.45, 7) is 0.251. The highest BCUT2D eigenvalue weighted by Gasteiger charge is 2.14. The molecule has 3 rings (SSSR count). The number of rotatable bonds is 2. The molecule has 5 nitrogen and oxygen atoms in total. The minimum absolute atomic E-state index is 0.251. The summed E-state index contributed by atoms with van der Waals surface area (Å²) < 4.78 is 10.6. The van der Waals surface area contributed by atoms with Gasteiger partial charge in [0.05, 0.1) is 11.3 Å². The SMILES string of the molecule is CNc1nc(-c2ccc3c(c2)OCO3)ccc1C#N. The van der Waals surface area contributed by atoms with Crippen molar-refractivity contribution >= 4 is 5.82 Å². The van der Waals surface area contributed by atoms with Crippen LogP contribution in [0.25, 0.3) is 11.3 Å². The maximum absolute atomic E-state index is 8.97. The monoisotopic (exact) mass is 253 g/mol. The highest BCUT2D eigenvalue weighted by atomic mass is 16.7. The summed E-state index contributed by atoms with van der Waals surface area (Å²) in [5.41, 5.74) is 2.22. The van der Waals surface area contributed by atoms with E-state index in [4.69, 9.17) is 14.7 Å². The number of aromatic nitrogens is 1. The first-order valence-corrected chi connectivity index (χ1v) is 5.81. The van der Waals surface area contributed by atoms with Crippen molar-refractivity contribution in [3.05, 3.63) is 35.9 Å². The first-order chi connectivity index (χ1) is 9.31. The van der Waals surface area contributed by atoms with Gasteiger partial charge in [-0.15, -0.1) is 0 Å². The second-order valence-corrected chi connectivity index (χ2v) is 4.02. The standard InChI is InChI=1S/C14H11N3O2/c1-16-14-10(7-15)2-4-11(17-14)9-3-5-12-13(6-9)19-8-18-12/h2-6H,8H2,1H3,(H,16,17). The maximum Gasteiger partial charge on any atom is 0.231 e. The Balaban J connectivity index is 2.05. The van der Waals surface area contributed by atoms with Gasteiger partial charge in [-0.1, -0.05) is 0 Å². The molecule has 5 heteroatoms. The lowest BCUT2D eigenvalue weighted by Crippen LogP contribution is -1.97. The van der Waals surface area contributed by atoms with Gasteiger partial charge in [-0.2, -0.15) is 5.26 Å². The van der Waals surface area contributed by atoms with Crippen molar-refractivity contribution in [1.29, 1.82) is 5.26 Å². The fraction of sp³-hybridized carbons (Fsp3) is 0.143. The summed E-state index contributed by atoms with van der Waals surface area (Å²) in [7, 11) is 1.74. The van der Waals surface area contributed by atoms with E-state index in [1.807, 2.05) is 24.3 Å². The third-order valence-corrected chi connectivity index (χ3v) is 2.92. The van der Waals surface area contributed by atoms with Gasteiger partial charge in [0.1, 0.15) is 11.9 Å². The molecule has 1 aliphatic rings. The lowest BCUT2D eigenvalue weighted by Gasteiger charge is -2.06. The Kier molecular flexibility index (Phi) is 2.69. The summed E-state index contributed by atoms with van der Waals surface area (Å²) in [6.07, 6.45) is 0. The lowest BCUT2D eigenvalue weighted by atomic mass is 10.1. The molecular formula is C14H11N3O2. The molecular weight excluding hydrogens is 242 g/mol. The van der Waals surface area contributed by atoms with E-state index in [0.717, 1.165) is 22.8 Å². The Morgan fingerprint density at radius 2 is 2.05 bits per heavy atom. The lowest BCUT2D eigenvalue weighted by molar-refractivity contribution is 0.174. The zero-order valence-corrected chi connectivity index (χ0v) is 10.3. The minimum Gasteiger partial charge on any atom is -0.454 e. The average molecular weight is 253 g/mol. The fourth-order valence-electron chi connectivity index (χ4n) is 1.96. The quantitative estimate of drug-likeness (QED) is 0.890. The number of benzene rings is 1. The molecule has 94 valence electrons. The predicted octanol–water partition coefficient (Wildman–Crippen LogP) is 2.39. The van der Waals surface area contributed by atoms with E-state index in [-0.39, 0.29) is 6.79 Å². The van der Waals surface area contributed by atoms with E-state index < -0.39 is 0 Å². The molecule has 2 aromatic rings. The number of ether oxygens (including phenoxy) is 2. The summed E-state index contributed by atoms with van der Waals surface area (Å²) in [5, 5.41) is 11.9. The van der Waals surface area contributed by atoms with Crippen molar-refractivity contribution in [2.24, 2.45) is 0 Å². The summed E-state index contributed by atoms with van der Waals surface area (Å²) in [6, 6.07) is 11.3. The second kappa shape index (κ2) is 4.50. The van der Waals surface area contributed by atoms with Crippen LogP contribution in [0.3, 0.4) is 0 Å². The molecule has 0 radical (unpaired) electrons. The molecule has 0 unspecified atom stereocenters. The number of pyridine rings is 1. The summed E-state index contributed by atoms with van der Waals surface area (Å²) in [5.74, 6) is 2.03. The van der Waals surface area contributed by atoms with Crippen LogP contribution < -0.4 is 14.8 Å². The molecule has 1 aromatic carbocycles. The van der Waals surface area contributed by atoms with Crippen molar-refractivity contribution in [3.63, 3.8) is 0 Å². The van der Waals surface area contributed by atoms with E-state index >= 15 is 0 Å². The van der Waals surface area contributed by atoms with Crippen molar-refractivity contribution in [2.75, 3.05) is 19.2 Å². The van der Waals surface area contributed by atoms with E-state index in [2.05, 4.69) is 16.4 Å². The van der Waals surface area contributed by atoms with Gasteiger partial charge in [0.2, 0.25) is 6.79 Å². The Morgan fingerprint density at radius 1 is 1.21 bits per heavy atom. The van der Waals surface area contributed by atoms with Gasteiger partial charge in [0.25, 0.3) is 0 Å². The molecule has 1 aliphatic heterocycles. The fourth-order valence-corrected chi connectivity index (χ4v) is 1.96. The van der Waals surface area contributed by atoms with Crippen molar-refractivity contribution < 1.29 is 9.47 Å². The van der Waals surface area contributed by atoms with Crippen LogP contribution in [0.15, 0.2) is 30.3 Å². The van der Waals surface area contributed by atoms with Crippen LogP contribution >= 0.6 is 0 Å². The molecule has 0 spiro atoms. The Hall–Kier alpha value is -2.74. The van der Waals surface area contributed by atoms with Gasteiger partial charge in [0.15, 0.2) is 11.5 Å². The van der Waals surface area contributed by atoms with Crippen LogP contribution in [0, 0.1) is 11.3 Å². The van der Waals surface area contributed by atoms with Crippen LogP contribution in [0.2, 0.25) is 0 Å². The highest BCUT2D eigenvalue weighted by molar-refractivity contribution is 5.67. The second-order valence-electron chi connectivity index (χ2n) is 4.02. The molecule has 19 heavy (non-hydrogen) atoms. The van der Waals surface area contributed by atoms with E-state index in [9.17, 15) is 0 Å². The van der Waals surface area contributed by atoms with Crippen molar-refractivity contribution in [3.8, 4) is 28.8 Å². The largest absolute Gasteiger partial charge is 0.454 e. The van der Waals surface area contributed by atoms with Crippen molar-refractivity contribution in [1.82, 2.24) is 4.98 Å². The Bertz CT molecular complexity index is 677. The molecule has 1 N–H and O–H groups in total. The number of nitriles is 1. The van der Waals surface area contributed by atoms with Gasteiger partial charge in [-0.3, -0.25) is 0 Å². The Morgan fingerprint density at radius 3 is 2.84 bits per heavy atom. The molecule has 2 heterocycles. The average Bonchev–Trinajstić information content (AvgIpc) is 2.93.